The Balaban J connectivity index is 1.74. The fraction of sp³-hybridized carbons (Fsp3) is 0.368. The molecule has 0 amide bonds. The molecule has 5 heteroatoms. The van der Waals surface area contributed by atoms with Crippen molar-refractivity contribution >= 4 is 27.5 Å². The molecule has 0 aliphatic rings. The van der Waals surface area contributed by atoms with Gasteiger partial charge in [0.25, 0.3) is 0 Å². The van der Waals surface area contributed by atoms with Crippen LogP contribution in [0.4, 0.5) is 0 Å². The smallest absolute Gasteiger partial charge is 0.0898 e. The van der Waals surface area contributed by atoms with Crippen LogP contribution in [0.2, 0.25) is 5.02 Å². The third kappa shape index (κ3) is 6.19. The molecule has 2 atom stereocenters. The maximum absolute atomic E-state index is 10.1. The van der Waals surface area contributed by atoms with Gasteiger partial charge in [0.15, 0.2) is 0 Å². The number of nitrogens with one attached hydrogen (secondary N) is 1. The van der Waals surface area contributed by atoms with Gasteiger partial charge in [0.2, 0.25) is 0 Å². The Morgan fingerprint density at radius 1 is 1.17 bits per heavy atom. The number of ether oxygens (including phenoxy) is 1. The van der Waals surface area contributed by atoms with Crippen molar-refractivity contribution in [3.63, 3.8) is 0 Å². The Hall–Kier alpha value is -0.910. The molecule has 0 heterocycles. The summed E-state index contributed by atoms with van der Waals surface area (Å²) in [7, 11) is 0. The molecular weight excluding hydrogens is 390 g/mol. The Bertz CT molecular complexity index is 621. The summed E-state index contributed by atoms with van der Waals surface area (Å²) in [5.74, 6) is 0. The van der Waals surface area contributed by atoms with Crippen molar-refractivity contribution in [2.24, 2.45) is 0 Å². The number of rotatable bonds is 9. The van der Waals surface area contributed by atoms with E-state index >= 15 is 0 Å². The van der Waals surface area contributed by atoms with Crippen LogP contribution in [0.5, 0.6) is 0 Å². The highest BCUT2D eigenvalue weighted by molar-refractivity contribution is 9.10. The summed E-state index contributed by atoms with van der Waals surface area (Å²) in [4.78, 5) is 0. The van der Waals surface area contributed by atoms with Crippen LogP contribution in [-0.4, -0.2) is 24.4 Å². The van der Waals surface area contributed by atoms with Gasteiger partial charge in [0.1, 0.15) is 0 Å². The monoisotopic (exact) mass is 411 g/mol. The summed E-state index contributed by atoms with van der Waals surface area (Å²) in [6.07, 6.45) is 0.395. The molecule has 2 aromatic carbocycles. The molecule has 0 aromatic heterocycles. The predicted molar refractivity (Wildman–Crippen MR) is 102 cm³/mol. The molecule has 3 nitrogen and oxygen atoms in total. The molecule has 0 spiro atoms. The zero-order valence-electron chi connectivity index (χ0n) is 13.7. The van der Waals surface area contributed by atoms with E-state index in [1.807, 2.05) is 36.4 Å². The van der Waals surface area contributed by atoms with Crippen molar-refractivity contribution in [3.8, 4) is 0 Å². The average molecular weight is 413 g/mol. The Morgan fingerprint density at radius 3 is 2.54 bits per heavy atom. The summed E-state index contributed by atoms with van der Waals surface area (Å²) >= 11 is 9.53. The number of hydrogen-bond donors (Lipinski definition) is 2. The first kappa shape index (κ1) is 19.4. The molecule has 24 heavy (non-hydrogen) atoms. The molecular formula is C19H23BrClNO2. The lowest BCUT2D eigenvalue weighted by Crippen LogP contribution is -2.33. The largest absolute Gasteiger partial charge is 0.389 e. The molecule has 2 rings (SSSR count). The SMILES string of the molecule is CC[C@H](NC[C@@H](O)COCc1ccccc1Cl)c1ccc(Br)cc1. The summed E-state index contributed by atoms with van der Waals surface area (Å²) in [5, 5.41) is 14.2. The van der Waals surface area contributed by atoms with E-state index in [0.29, 0.717) is 18.2 Å². The quantitative estimate of drug-likeness (QED) is 0.626. The van der Waals surface area contributed by atoms with E-state index in [0.717, 1.165) is 16.5 Å². The minimum atomic E-state index is -0.558. The standard InChI is InChI=1S/C19H23BrClNO2/c1-2-19(14-7-9-16(20)10-8-14)22-11-17(23)13-24-12-15-5-3-4-6-18(15)21/h3-10,17,19,22-23H,2,11-13H2,1H3/t17-,19+/m1/s1. The summed E-state index contributed by atoms with van der Waals surface area (Å²) in [6.45, 7) is 3.28. The van der Waals surface area contributed by atoms with Crippen LogP contribution >= 0.6 is 27.5 Å². The second-order valence-corrected chi connectivity index (χ2v) is 7.00. The van der Waals surface area contributed by atoms with Crippen molar-refractivity contribution in [2.45, 2.75) is 32.1 Å². The topological polar surface area (TPSA) is 41.5 Å². The van der Waals surface area contributed by atoms with E-state index in [9.17, 15) is 5.11 Å². The molecule has 0 aliphatic heterocycles. The van der Waals surface area contributed by atoms with Crippen molar-refractivity contribution in [2.75, 3.05) is 13.2 Å². The van der Waals surface area contributed by atoms with Gasteiger partial charge in [0, 0.05) is 22.1 Å². The highest BCUT2D eigenvalue weighted by Gasteiger charge is 2.12. The predicted octanol–water partition coefficient (Wildman–Crippen LogP) is 4.72. The van der Waals surface area contributed by atoms with Gasteiger partial charge in [-0.15, -0.1) is 0 Å². The van der Waals surface area contributed by atoms with E-state index in [2.05, 4.69) is 40.3 Å². The average Bonchev–Trinajstić information content (AvgIpc) is 2.58. The van der Waals surface area contributed by atoms with E-state index in [4.69, 9.17) is 16.3 Å². The zero-order valence-corrected chi connectivity index (χ0v) is 16.1. The van der Waals surface area contributed by atoms with E-state index in [1.165, 1.54) is 5.56 Å². The second-order valence-electron chi connectivity index (χ2n) is 5.68. The molecule has 0 fully saturated rings. The maximum Gasteiger partial charge on any atom is 0.0898 e. The van der Waals surface area contributed by atoms with Crippen LogP contribution in [0.1, 0.15) is 30.5 Å². The lowest BCUT2D eigenvalue weighted by Gasteiger charge is -2.20. The van der Waals surface area contributed by atoms with Crippen LogP contribution in [0.3, 0.4) is 0 Å². The first-order chi connectivity index (χ1) is 11.6. The van der Waals surface area contributed by atoms with Gasteiger partial charge >= 0.3 is 0 Å². The minimum absolute atomic E-state index is 0.219. The van der Waals surface area contributed by atoms with E-state index in [-0.39, 0.29) is 12.6 Å². The first-order valence-electron chi connectivity index (χ1n) is 8.08. The molecule has 0 unspecified atom stereocenters. The van der Waals surface area contributed by atoms with Crippen molar-refractivity contribution in [1.82, 2.24) is 5.32 Å². The zero-order chi connectivity index (χ0) is 17.4. The molecule has 0 aliphatic carbocycles. The Morgan fingerprint density at radius 2 is 1.88 bits per heavy atom. The Labute approximate surface area is 157 Å². The lowest BCUT2D eigenvalue weighted by molar-refractivity contribution is 0.0275. The number of aliphatic hydroxyl groups is 1. The molecule has 2 aromatic rings. The molecule has 0 saturated carbocycles. The normalized spacial score (nSPS) is 13.7. The van der Waals surface area contributed by atoms with E-state index in [1.54, 1.807) is 0 Å². The van der Waals surface area contributed by atoms with Crippen LogP contribution in [0.25, 0.3) is 0 Å². The molecule has 0 radical (unpaired) electrons. The van der Waals surface area contributed by atoms with E-state index < -0.39 is 6.10 Å². The fourth-order valence-corrected chi connectivity index (χ4v) is 2.91. The number of hydrogen-bond acceptors (Lipinski definition) is 3. The van der Waals surface area contributed by atoms with Crippen LogP contribution in [0.15, 0.2) is 53.0 Å². The van der Waals surface area contributed by atoms with Crippen LogP contribution < -0.4 is 5.32 Å². The maximum atomic E-state index is 10.1. The third-order valence-electron chi connectivity index (χ3n) is 3.81. The number of halogens is 2. The van der Waals surface area contributed by atoms with Crippen molar-refractivity contribution in [1.29, 1.82) is 0 Å². The number of benzene rings is 2. The summed E-state index contributed by atoms with van der Waals surface area (Å²) in [6, 6.07) is 16.0. The lowest BCUT2D eigenvalue weighted by atomic mass is 10.0. The fourth-order valence-electron chi connectivity index (χ4n) is 2.45. The van der Waals surface area contributed by atoms with Crippen molar-refractivity contribution < 1.29 is 9.84 Å². The second kappa shape index (κ2) is 10.2. The van der Waals surface area contributed by atoms with Gasteiger partial charge in [0.05, 0.1) is 19.3 Å². The first-order valence-corrected chi connectivity index (χ1v) is 9.25. The number of aliphatic hydroxyl groups excluding tert-OH is 1. The summed E-state index contributed by atoms with van der Waals surface area (Å²) < 4.78 is 6.63. The molecule has 2 N–H and O–H groups in total. The van der Waals surface area contributed by atoms with Gasteiger partial charge in [-0.1, -0.05) is 64.8 Å². The highest BCUT2D eigenvalue weighted by atomic mass is 79.9. The minimum Gasteiger partial charge on any atom is -0.389 e. The molecule has 0 saturated heterocycles. The van der Waals surface area contributed by atoms with Crippen molar-refractivity contribution in [3.05, 3.63) is 69.2 Å². The Kier molecular flexibility index (Phi) is 8.22. The van der Waals surface area contributed by atoms with Crippen LogP contribution in [0, 0.1) is 0 Å². The van der Waals surface area contributed by atoms with Gasteiger partial charge < -0.3 is 15.2 Å². The third-order valence-corrected chi connectivity index (χ3v) is 4.70. The van der Waals surface area contributed by atoms with Gasteiger partial charge in [-0.05, 0) is 35.7 Å². The van der Waals surface area contributed by atoms with Gasteiger partial charge in [-0.25, -0.2) is 0 Å². The summed E-state index contributed by atoms with van der Waals surface area (Å²) in [5.41, 5.74) is 2.14. The molecule has 130 valence electrons. The van der Waals surface area contributed by atoms with Gasteiger partial charge in [-0.2, -0.15) is 0 Å². The highest BCUT2D eigenvalue weighted by Crippen LogP contribution is 2.19. The van der Waals surface area contributed by atoms with Crippen LogP contribution in [-0.2, 0) is 11.3 Å². The van der Waals surface area contributed by atoms with Gasteiger partial charge in [-0.3, -0.25) is 0 Å². The molecule has 0 bridgehead atoms.